The molecule has 1 aromatic heterocycles. The second-order valence-electron chi connectivity index (χ2n) is 8.70. The van der Waals surface area contributed by atoms with Crippen LogP contribution < -0.4 is 10.4 Å². The van der Waals surface area contributed by atoms with Gasteiger partial charge in [-0.1, -0.05) is 42.5 Å². The molecule has 174 valence electrons. The molecule has 0 bridgehead atoms. The third-order valence-electron chi connectivity index (χ3n) is 6.48. The molecule has 6 heteroatoms. The monoisotopic (exact) mass is 456 g/mol. The van der Waals surface area contributed by atoms with E-state index in [0.717, 1.165) is 49.4 Å². The van der Waals surface area contributed by atoms with Gasteiger partial charge in [0.2, 0.25) is 0 Å². The van der Waals surface area contributed by atoms with Crippen molar-refractivity contribution in [2.75, 3.05) is 33.3 Å². The molecule has 0 amide bonds. The van der Waals surface area contributed by atoms with Gasteiger partial charge in [-0.2, -0.15) is 0 Å². The topological polar surface area (TPSA) is 66.2 Å². The zero-order valence-corrected chi connectivity index (χ0v) is 19.2. The molecule has 0 unspecified atom stereocenters. The quantitative estimate of drug-likeness (QED) is 0.431. The highest BCUT2D eigenvalue weighted by molar-refractivity contribution is 5.85. The normalized spacial score (nSPS) is 15.0. The minimum absolute atomic E-state index is 0.152. The molecular weight excluding hydrogens is 428 g/mol. The van der Waals surface area contributed by atoms with E-state index in [0.29, 0.717) is 23.3 Å². The highest BCUT2D eigenvalue weighted by atomic mass is 16.5. The highest BCUT2D eigenvalue weighted by Gasteiger charge is 2.21. The van der Waals surface area contributed by atoms with E-state index in [1.807, 2.05) is 36.4 Å². The van der Waals surface area contributed by atoms with Gasteiger partial charge in [-0.25, -0.2) is 4.79 Å². The Morgan fingerprint density at radius 2 is 1.56 bits per heavy atom. The number of rotatable bonds is 6. The van der Waals surface area contributed by atoms with Crippen LogP contribution in [0.3, 0.4) is 0 Å². The van der Waals surface area contributed by atoms with Crippen molar-refractivity contribution in [3.8, 4) is 22.6 Å². The van der Waals surface area contributed by atoms with Crippen LogP contribution >= 0.6 is 0 Å². The van der Waals surface area contributed by atoms with Crippen LogP contribution in [0.5, 0.6) is 11.5 Å². The Morgan fingerprint density at radius 1 is 0.882 bits per heavy atom. The van der Waals surface area contributed by atoms with Crippen molar-refractivity contribution in [1.29, 1.82) is 0 Å². The molecule has 4 aromatic rings. The van der Waals surface area contributed by atoms with Gasteiger partial charge in [0, 0.05) is 44.7 Å². The van der Waals surface area contributed by atoms with E-state index in [-0.39, 0.29) is 5.75 Å². The van der Waals surface area contributed by atoms with Crippen LogP contribution in [0.1, 0.15) is 11.1 Å². The molecule has 1 aliphatic rings. The molecule has 1 N–H and O–H groups in total. The molecule has 0 saturated carbocycles. The SMILES string of the molecule is COc1ccc(-c2cc3ccc(O)c(CN4CCN(Cc5ccccc5)CC4)c3oc2=O)cc1. The van der Waals surface area contributed by atoms with Crippen LogP contribution in [0.2, 0.25) is 0 Å². The fourth-order valence-corrected chi connectivity index (χ4v) is 4.53. The second kappa shape index (κ2) is 9.71. The Morgan fingerprint density at radius 3 is 2.24 bits per heavy atom. The van der Waals surface area contributed by atoms with Gasteiger partial charge in [0.15, 0.2) is 0 Å². The van der Waals surface area contributed by atoms with Gasteiger partial charge in [-0.05, 0) is 41.5 Å². The summed E-state index contributed by atoms with van der Waals surface area (Å²) in [6, 6.07) is 23.1. The van der Waals surface area contributed by atoms with Crippen molar-refractivity contribution in [3.63, 3.8) is 0 Å². The van der Waals surface area contributed by atoms with Gasteiger partial charge in [-0.15, -0.1) is 0 Å². The van der Waals surface area contributed by atoms with Crippen LogP contribution in [0.15, 0.2) is 82.0 Å². The molecule has 2 heterocycles. The van der Waals surface area contributed by atoms with Crippen molar-refractivity contribution >= 4 is 11.0 Å². The number of nitrogens with zero attached hydrogens (tertiary/aromatic N) is 2. The molecule has 34 heavy (non-hydrogen) atoms. The maximum atomic E-state index is 12.9. The Kier molecular flexibility index (Phi) is 6.34. The number of aromatic hydroxyl groups is 1. The maximum Gasteiger partial charge on any atom is 0.344 e. The van der Waals surface area contributed by atoms with Crippen LogP contribution in [-0.2, 0) is 13.1 Å². The molecule has 5 rings (SSSR count). The number of phenolic OH excluding ortho intramolecular Hbond substituents is 1. The fraction of sp³-hybridized carbons (Fsp3) is 0.250. The van der Waals surface area contributed by atoms with E-state index in [1.165, 1.54) is 5.56 Å². The zero-order chi connectivity index (χ0) is 23.5. The summed E-state index contributed by atoms with van der Waals surface area (Å²) in [5, 5.41) is 11.4. The summed E-state index contributed by atoms with van der Waals surface area (Å²) in [4.78, 5) is 17.6. The number of hydrogen-bond donors (Lipinski definition) is 1. The second-order valence-corrected chi connectivity index (χ2v) is 8.70. The lowest BCUT2D eigenvalue weighted by molar-refractivity contribution is 0.121. The van der Waals surface area contributed by atoms with Gasteiger partial charge in [0.1, 0.15) is 17.1 Å². The first-order valence-corrected chi connectivity index (χ1v) is 11.5. The maximum absolute atomic E-state index is 12.9. The largest absolute Gasteiger partial charge is 0.507 e. The summed E-state index contributed by atoms with van der Waals surface area (Å²) < 4.78 is 11.0. The van der Waals surface area contributed by atoms with Crippen molar-refractivity contribution in [2.24, 2.45) is 0 Å². The third kappa shape index (κ3) is 4.69. The first kappa shape index (κ1) is 22.2. The smallest absolute Gasteiger partial charge is 0.344 e. The first-order valence-electron chi connectivity index (χ1n) is 11.5. The van der Waals surface area contributed by atoms with Crippen LogP contribution in [-0.4, -0.2) is 48.2 Å². The summed E-state index contributed by atoms with van der Waals surface area (Å²) in [5.74, 6) is 0.879. The van der Waals surface area contributed by atoms with E-state index in [9.17, 15) is 9.90 Å². The molecule has 0 aliphatic carbocycles. The molecule has 3 aromatic carbocycles. The predicted octanol–water partition coefficient (Wildman–Crippen LogP) is 4.49. The average molecular weight is 457 g/mol. The summed E-state index contributed by atoms with van der Waals surface area (Å²) in [6.07, 6.45) is 0. The molecule has 6 nitrogen and oxygen atoms in total. The fourth-order valence-electron chi connectivity index (χ4n) is 4.53. The molecule has 0 spiro atoms. The minimum Gasteiger partial charge on any atom is -0.507 e. The van der Waals surface area contributed by atoms with E-state index in [4.69, 9.17) is 9.15 Å². The van der Waals surface area contributed by atoms with E-state index in [1.54, 1.807) is 19.2 Å². The van der Waals surface area contributed by atoms with Gasteiger partial charge in [0.05, 0.1) is 18.2 Å². The summed E-state index contributed by atoms with van der Waals surface area (Å²) in [7, 11) is 1.61. The number of benzene rings is 3. The van der Waals surface area contributed by atoms with Gasteiger partial charge >= 0.3 is 5.63 Å². The van der Waals surface area contributed by atoms with E-state index < -0.39 is 5.63 Å². The van der Waals surface area contributed by atoms with Gasteiger partial charge < -0.3 is 14.3 Å². The number of phenols is 1. The van der Waals surface area contributed by atoms with E-state index >= 15 is 0 Å². The number of methoxy groups -OCH3 is 1. The summed E-state index contributed by atoms with van der Waals surface area (Å²) >= 11 is 0. The van der Waals surface area contributed by atoms with Crippen LogP contribution in [0.4, 0.5) is 0 Å². The molecular formula is C28H28N2O4. The van der Waals surface area contributed by atoms with Crippen molar-refractivity contribution in [1.82, 2.24) is 9.80 Å². The Hall–Kier alpha value is -3.61. The Bertz CT molecular complexity index is 1320. The lowest BCUT2D eigenvalue weighted by Gasteiger charge is -2.34. The van der Waals surface area contributed by atoms with Crippen molar-refractivity contribution in [2.45, 2.75) is 13.1 Å². The Labute approximate surface area is 198 Å². The molecule has 0 atom stereocenters. The summed E-state index contributed by atoms with van der Waals surface area (Å²) in [5.41, 5.74) is 3.26. The average Bonchev–Trinajstić information content (AvgIpc) is 2.87. The number of ether oxygens (including phenoxy) is 1. The standard InChI is InChI=1S/C28H28N2O4/c1-33-23-10-7-21(8-11-23)24-17-22-9-12-26(31)25(27(22)34-28(24)32)19-30-15-13-29(14-16-30)18-20-5-3-2-4-6-20/h2-12,17,31H,13-16,18-19H2,1H3. The predicted molar refractivity (Wildman–Crippen MR) is 133 cm³/mol. The Balaban J connectivity index is 1.35. The molecule has 1 fully saturated rings. The zero-order valence-electron chi connectivity index (χ0n) is 19.2. The molecule has 1 aliphatic heterocycles. The lowest BCUT2D eigenvalue weighted by Crippen LogP contribution is -2.45. The number of piperazine rings is 1. The highest BCUT2D eigenvalue weighted by Crippen LogP contribution is 2.31. The van der Waals surface area contributed by atoms with Gasteiger partial charge in [-0.3, -0.25) is 9.80 Å². The summed E-state index contributed by atoms with van der Waals surface area (Å²) in [6.45, 7) is 5.15. The third-order valence-corrected chi connectivity index (χ3v) is 6.48. The van der Waals surface area contributed by atoms with E-state index in [2.05, 4.69) is 34.1 Å². The number of fused-ring (bicyclic) bond motifs is 1. The molecule has 1 saturated heterocycles. The van der Waals surface area contributed by atoms with Crippen molar-refractivity contribution in [3.05, 3.63) is 94.3 Å². The first-order chi connectivity index (χ1) is 16.6. The van der Waals surface area contributed by atoms with Gasteiger partial charge in [0.25, 0.3) is 0 Å². The lowest BCUT2D eigenvalue weighted by atomic mass is 10.0. The minimum atomic E-state index is -0.419. The van der Waals surface area contributed by atoms with Crippen molar-refractivity contribution < 1.29 is 14.3 Å². The van der Waals surface area contributed by atoms with Crippen LogP contribution in [0, 0.1) is 0 Å². The number of hydrogen-bond acceptors (Lipinski definition) is 6. The van der Waals surface area contributed by atoms with Crippen LogP contribution in [0.25, 0.3) is 22.1 Å². The molecule has 0 radical (unpaired) electrons.